The quantitative estimate of drug-likeness (QED) is 0.355. The molecule has 0 saturated heterocycles. The van der Waals surface area contributed by atoms with Crippen LogP contribution in [0.15, 0.2) is 0 Å². The van der Waals surface area contributed by atoms with Crippen LogP contribution in [-0.2, 0) is 14.4 Å². The molecule has 0 radical (unpaired) electrons. The first-order valence-corrected chi connectivity index (χ1v) is 8.86. The fraction of sp³-hybridized carbons (Fsp3) is 0.824. The summed E-state index contributed by atoms with van der Waals surface area (Å²) < 4.78 is 0. The van der Waals surface area contributed by atoms with Crippen molar-refractivity contribution in [3.05, 3.63) is 0 Å². The van der Waals surface area contributed by atoms with Gasteiger partial charge in [-0.2, -0.15) is 0 Å². The second-order valence-corrected chi connectivity index (χ2v) is 5.99. The monoisotopic (exact) mass is 345 g/mol. The summed E-state index contributed by atoms with van der Waals surface area (Å²) in [4.78, 5) is 30.6. The van der Waals surface area contributed by atoms with Crippen LogP contribution < -0.4 is 17.2 Å². The van der Waals surface area contributed by atoms with Gasteiger partial charge in [0.1, 0.15) is 6.04 Å². The third kappa shape index (κ3) is 22.6. The number of nitrogens with two attached hydrogens (primary N) is 3. The van der Waals surface area contributed by atoms with Crippen molar-refractivity contribution < 1.29 is 19.5 Å². The molecule has 0 heterocycles. The molecule has 142 valence electrons. The van der Waals surface area contributed by atoms with Crippen molar-refractivity contribution in [2.45, 2.75) is 90.0 Å². The summed E-state index contributed by atoms with van der Waals surface area (Å²) in [5, 5.41) is 8.22. The van der Waals surface area contributed by atoms with Gasteiger partial charge >= 0.3 is 5.97 Å². The maximum Gasteiger partial charge on any atom is 0.320 e. The van der Waals surface area contributed by atoms with Crippen molar-refractivity contribution in [2.24, 2.45) is 17.2 Å². The van der Waals surface area contributed by atoms with E-state index in [0.717, 1.165) is 12.8 Å². The highest BCUT2D eigenvalue weighted by Gasteiger charge is 2.11. The number of amides is 2. The summed E-state index contributed by atoms with van der Waals surface area (Å²) in [6, 6.07) is -0.979. The molecule has 7 heteroatoms. The molecule has 0 aromatic rings. The lowest BCUT2D eigenvalue weighted by atomic mass is 10.1. The SMILES string of the molecule is CCCCCCCCCCCC(N)=O.NC(=O)CC[C@H](N)C(=O)O. The van der Waals surface area contributed by atoms with E-state index < -0.39 is 17.9 Å². The second-order valence-electron chi connectivity index (χ2n) is 5.99. The van der Waals surface area contributed by atoms with Crippen molar-refractivity contribution >= 4 is 17.8 Å². The van der Waals surface area contributed by atoms with Gasteiger partial charge in [0.05, 0.1) is 0 Å². The van der Waals surface area contributed by atoms with E-state index in [2.05, 4.69) is 6.92 Å². The first-order valence-electron chi connectivity index (χ1n) is 8.86. The van der Waals surface area contributed by atoms with Crippen LogP contribution in [0.3, 0.4) is 0 Å². The first-order chi connectivity index (χ1) is 11.3. The number of hydrogen-bond acceptors (Lipinski definition) is 4. The molecule has 0 aliphatic rings. The van der Waals surface area contributed by atoms with E-state index in [0.29, 0.717) is 6.42 Å². The fourth-order valence-corrected chi connectivity index (χ4v) is 2.03. The maximum atomic E-state index is 10.4. The minimum absolute atomic E-state index is 0.0213. The van der Waals surface area contributed by atoms with E-state index in [1.54, 1.807) is 0 Å². The van der Waals surface area contributed by atoms with Crippen molar-refractivity contribution in [1.82, 2.24) is 0 Å². The molecule has 7 nitrogen and oxygen atoms in total. The Bertz CT molecular complexity index is 349. The number of hydrogen-bond donors (Lipinski definition) is 4. The molecule has 0 aliphatic carbocycles. The van der Waals surface area contributed by atoms with Crippen LogP contribution in [0.4, 0.5) is 0 Å². The van der Waals surface area contributed by atoms with Crippen LogP contribution in [0, 0.1) is 0 Å². The predicted octanol–water partition coefficient (Wildman–Crippen LogP) is 2.06. The van der Waals surface area contributed by atoms with Crippen molar-refractivity contribution in [1.29, 1.82) is 0 Å². The fourth-order valence-electron chi connectivity index (χ4n) is 2.03. The first kappa shape index (κ1) is 24.6. The number of carboxylic acids is 1. The van der Waals surface area contributed by atoms with Gasteiger partial charge in [0.25, 0.3) is 0 Å². The standard InChI is InChI=1S/C12H25NO.C5H10N2O3/c1-2-3-4-5-6-7-8-9-10-11-12(13)14;6-3(5(9)10)1-2-4(7)8/h2-11H2,1H3,(H2,13,14);3H,1-2,6H2,(H2,7,8)(H,9,10)/t;3-/m.0/s1. The van der Waals surface area contributed by atoms with Gasteiger partial charge in [0, 0.05) is 12.8 Å². The molecule has 0 saturated carbocycles. The molecule has 7 N–H and O–H groups in total. The Morgan fingerprint density at radius 2 is 1.21 bits per heavy atom. The molecule has 0 aromatic heterocycles. The van der Waals surface area contributed by atoms with Gasteiger partial charge in [0.15, 0.2) is 0 Å². The van der Waals surface area contributed by atoms with Crippen LogP contribution in [0.2, 0.25) is 0 Å². The van der Waals surface area contributed by atoms with E-state index in [4.69, 9.17) is 22.3 Å². The molecule has 0 rings (SSSR count). The molecule has 0 bridgehead atoms. The van der Waals surface area contributed by atoms with E-state index in [9.17, 15) is 14.4 Å². The van der Waals surface area contributed by atoms with Crippen LogP contribution >= 0.6 is 0 Å². The van der Waals surface area contributed by atoms with Gasteiger partial charge in [-0.05, 0) is 12.8 Å². The minimum atomic E-state index is -1.11. The number of unbranched alkanes of at least 4 members (excludes halogenated alkanes) is 8. The predicted molar refractivity (Wildman–Crippen MR) is 95.1 cm³/mol. The molecule has 0 unspecified atom stereocenters. The minimum Gasteiger partial charge on any atom is -0.480 e. The summed E-state index contributed by atoms with van der Waals surface area (Å²) >= 11 is 0. The number of carboxylic acid groups (broad SMARTS) is 1. The summed E-state index contributed by atoms with van der Waals surface area (Å²) in [6.07, 6.45) is 12.2. The van der Waals surface area contributed by atoms with Crippen LogP contribution in [0.1, 0.15) is 84.0 Å². The van der Waals surface area contributed by atoms with Crippen molar-refractivity contribution in [3.8, 4) is 0 Å². The Morgan fingerprint density at radius 1 is 0.792 bits per heavy atom. The average Bonchev–Trinajstić information content (AvgIpc) is 2.51. The lowest BCUT2D eigenvalue weighted by Gasteiger charge is -2.01. The van der Waals surface area contributed by atoms with Crippen molar-refractivity contribution in [2.75, 3.05) is 0 Å². The lowest BCUT2D eigenvalue weighted by Crippen LogP contribution is -2.31. The highest BCUT2D eigenvalue weighted by molar-refractivity contribution is 5.77. The number of primary amides is 2. The van der Waals surface area contributed by atoms with Gasteiger partial charge in [-0.15, -0.1) is 0 Å². The van der Waals surface area contributed by atoms with Crippen LogP contribution in [0.25, 0.3) is 0 Å². The Morgan fingerprint density at radius 3 is 1.58 bits per heavy atom. The number of rotatable bonds is 14. The highest BCUT2D eigenvalue weighted by Crippen LogP contribution is 2.10. The van der Waals surface area contributed by atoms with Crippen molar-refractivity contribution in [3.63, 3.8) is 0 Å². The number of carbonyl (C=O) groups is 3. The molecule has 0 fully saturated rings. The smallest absolute Gasteiger partial charge is 0.320 e. The summed E-state index contributed by atoms with van der Waals surface area (Å²) in [7, 11) is 0. The Labute approximate surface area is 145 Å². The van der Waals surface area contributed by atoms with Gasteiger partial charge in [-0.3, -0.25) is 14.4 Å². The lowest BCUT2D eigenvalue weighted by molar-refractivity contribution is -0.138. The third-order valence-corrected chi connectivity index (χ3v) is 3.55. The Hall–Kier alpha value is -1.63. The number of aliphatic carboxylic acids is 1. The van der Waals surface area contributed by atoms with E-state index in [1.165, 1.54) is 44.9 Å². The third-order valence-electron chi connectivity index (χ3n) is 3.55. The summed E-state index contributed by atoms with van der Waals surface area (Å²) in [5.41, 5.74) is 14.9. The Kier molecular flexibility index (Phi) is 18.2. The zero-order chi connectivity index (χ0) is 18.8. The molecular weight excluding hydrogens is 310 g/mol. The van der Waals surface area contributed by atoms with Gasteiger partial charge in [-0.1, -0.05) is 58.3 Å². The van der Waals surface area contributed by atoms with Crippen LogP contribution in [0.5, 0.6) is 0 Å². The molecule has 1 atom stereocenters. The van der Waals surface area contributed by atoms with Gasteiger partial charge in [0.2, 0.25) is 11.8 Å². The topological polar surface area (TPSA) is 150 Å². The summed E-state index contributed by atoms with van der Waals surface area (Å²) in [5.74, 6) is -1.80. The normalized spacial score (nSPS) is 11.2. The average molecular weight is 345 g/mol. The number of carbonyl (C=O) groups excluding carboxylic acids is 2. The molecule has 0 aliphatic heterocycles. The second kappa shape index (κ2) is 17.7. The molecule has 24 heavy (non-hydrogen) atoms. The highest BCUT2D eigenvalue weighted by atomic mass is 16.4. The zero-order valence-corrected chi connectivity index (χ0v) is 15.0. The maximum absolute atomic E-state index is 10.4. The molecular formula is C17H35N3O4. The van der Waals surface area contributed by atoms with E-state index in [1.807, 2.05) is 0 Å². The van der Waals surface area contributed by atoms with Gasteiger partial charge in [-0.25, -0.2) is 0 Å². The molecule has 0 aromatic carbocycles. The van der Waals surface area contributed by atoms with Gasteiger partial charge < -0.3 is 22.3 Å². The largest absolute Gasteiger partial charge is 0.480 e. The Balaban J connectivity index is 0. The molecule has 0 spiro atoms. The zero-order valence-electron chi connectivity index (χ0n) is 15.0. The van der Waals surface area contributed by atoms with E-state index in [-0.39, 0.29) is 18.7 Å². The van der Waals surface area contributed by atoms with E-state index >= 15 is 0 Å². The molecule has 2 amide bonds. The summed E-state index contributed by atoms with van der Waals surface area (Å²) in [6.45, 7) is 2.24. The van der Waals surface area contributed by atoms with Crippen LogP contribution in [-0.4, -0.2) is 28.9 Å².